The number of hydrogen-bond acceptors (Lipinski definition) is 7. The van der Waals surface area contributed by atoms with Gasteiger partial charge in [-0.05, 0) is 30.5 Å². The summed E-state index contributed by atoms with van der Waals surface area (Å²) in [7, 11) is 1.59. The van der Waals surface area contributed by atoms with Gasteiger partial charge in [0.05, 0.1) is 18.4 Å². The molecule has 0 bridgehead atoms. The van der Waals surface area contributed by atoms with Crippen LogP contribution < -0.4 is 14.4 Å². The van der Waals surface area contributed by atoms with Crippen molar-refractivity contribution in [3.8, 4) is 22.9 Å². The highest BCUT2D eigenvalue weighted by Gasteiger charge is 2.36. The normalized spacial score (nSPS) is 14.9. The maximum Gasteiger partial charge on any atom is 0.247 e. The molecular formula is C21H19BrN4O3S. The molecule has 0 fully saturated rings. The lowest BCUT2D eigenvalue weighted by atomic mass is 10.1. The van der Waals surface area contributed by atoms with E-state index in [2.05, 4.69) is 31.1 Å². The zero-order chi connectivity index (χ0) is 21.3. The third-order valence-electron chi connectivity index (χ3n) is 4.72. The van der Waals surface area contributed by atoms with Gasteiger partial charge in [0.25, 0.3) is 0 Å². The van der Waals surface area contributed by atoms with Crippen LogP contribution in [0.2, 0.25) is 0 Å². The van der Waals surface area contributed by atoms with Gasteiger partial charge in [0.2, 0.25) is 23.2 Å². The molecule has 0 aliphatic carbocycles. The molecule has 1 aliphatic heterocycles. The maximum absolute atomic E-state index is 13.2. The van der Waals surface area contributed by atoms with E-state index >= 15 is 0 Å². The summed E-state index contributed by atoms with van der Waals surface area (Å²) in [5.41, 5.74) is 2.61. The molecule has 3 aromatic rings. The molecule has 1 aromatic heterocycles. The number of thioether (sulfide) groups is 1. The summed E-state index contributed by atoms with van der Waals surface area (Å²) in [5, 5.41) is 9.02. The number of benzene rings is 2. The van der Waals surface area contributed by atoms with E-state index in [1.54, 1.807) is 12.0 Å². The Kier molecular flexibility index (Phi) is 5.92. The van der Waals surface area contributed by atoms with Gasteiger partial charge in [-0.15, -0.1) is 10.2 Å². The monoisotopic (exact) mass is 486 g/mol. The smallest absolute Gasteiger partial charge is 0.247 e. The molecule has 1 unspecified atom stereocenters. The number of nitrogens with zero attached hydrogens (tertiary/aromatic N) is 4. The Morgan fingerprint density at radius 1 is 1.27 bits per heavy atom. The summed E-state index contributed by atoms with van der Waals surface area (Å²) in [5.74, 6) is 0.825. The van der Waals surface area contributed by atoms with Crippen molar-refractivity contribution in [3.05, 3.63) is 52.5 Å². The summed E-state index contributed by atoms with van der Waals surface area (Å²) < 4.78 is 12.8. The molecule has 154 valence electrons. The van der Waals surface area contributed by atoms with Gasteiger partial charge >= 0.3 is 0 Å². The van der Waals surface area contributed by atoms with Crippen molar-refractivity contribution >= 4 is 39.3 Å². The number of anilines is 1. The largest absolute Gasteiger partial charge is 0.496 e. The molecule has 0 N–H and O–H groups in total. The van der Waals surface area contributed by atoms with Crippen LogP contribution in [0.25, 0.3) is 11.3 Å². The number of carbonyl (C=O) groups excluding carboxylic acids is 1. The number of rotatable bonds is 4. The number of methoxy groups -OCH3 is 1. The van der Waals surface area contributed by atoms with Crippen molar-refractivity contribution in [3.63, 3.8) is 0 Å². The van der Waals surface area contributed by atoms with Crippen LogP contribution in [0.3, 0.4) is 0 Å². The van der Waals surface area contributed by atoms with Crippen molar-refractivity contribution in [1.29, 1.82) is 0 Å². The summed E-state index contributed by atoms with van der Waals surface area (Å²) in [4.78, 5) is 19.3. The molecule has 0 spiro atoms. The number of amides is 1. The van der Waals surface area contributed by atoms with E-state index in [1.807, 2.05) is 55.6 Å². The van der Waals surface area contributed by atoms with E-state index in [-0.39, 0.29) is 5.91 Å². The number of halogens is 1. The minimum absolute atomic E-state index is 0.0969. The van der Waals surface area contributed by atoms with E-state index < -0.39 is 6.23 Å². The van der Waals surface area contributed by atoms with Crippen molar-refractivity contribution in [2.24, 2.45) is 0 Å². The minimum atomic E-state index is -0.793. The predicted molar refractivity (Wildman–Crippen MR) is 119 cm³/mol. The number of ether oxygens (including phenoxy) is 2. The third-order valence-corrected chi connectivity index (χ3v) is 5.75. The second kappa shape index (κ2) is 8.61. The molecule has 30 heavy (non-hydrogen) atoms. The molecule has 1 amide bonds. The van der Waals surface area contributed by atoms with E-state index in [0.717, 1.165) is 10.0 Å². The fourth-order valence-electron chi connectivity index (χ4n) is 3.34. The third kappa shape index (κ3) is 3.63. The number of fused-ring (bicyclic) bond motifs is 3. The molecule has 0 saturated heterocycles. The van der Waals surface area contributed by atoms with Gasteiger partial charge in [-0.25, -0.2) is 0 Å². The van der Waals surface area contributed by atoms with Crippen LogP contribution in [0.5, 0.6) is 11.6 Å². The van der Waals surface area contributed by atoms with Gasteiger partial charge < -0.3 is 9.47 Å². The lowest BCUT2D eigenvalue weighted by Gasteiger charge is -2.31. The van der Waals surface area contributed by atoms with Crippen LogP contribution in [0.4, 0.5) is 5.69 Å². The number of hydrogen-bond donors (Lipinski definition) is 0. The molecular weight excluding hydrogens is 468 g/mol. The fraction of sp³-hybridized carbons (Fsp3) is 0.238. The molecule has 0 saturated carbocycles. The number of aromatic nitrogens is 3. The average molecular weight is 487 g/mol. The zero-order valence-electron chi connectivity index (χ0n) is 16.6. The first-order valence-corrected chi connectivity index (χ1v) is 11.3. The quantitative estimate of drug-likeness (QED) is 0.486. The van der Waals surface area contributed by atoms with Gasteiger partial charge in [-0.2, -0.15) is 4.98 Å². The Labute approximate surface area is 186 Å². The average Bonchev–Trinajstić information content (AvgIpc) is 2.92. The number of para-hydroxylation sites is 1. The van der Waals surface area contributed by atoms with E-state index in [1.165, 1.54) is 11.8 Å². The fourth-order valence-corrected chi connectivity index (χ4v) is 4.02. The van der Waals surface area contributed by atoms with Gasteiger partial charge in [-0.1, -0.05) is 52.8 Å². The predicted octanol–water partition coefficient (Wildman–Crippen LogP) is 4.87. The molecule has 2 aromatic carbocycles. The van der Waals surface area contributed by atoms with Crippen LogP contribution in [-0.4, -0.2) is 34.5 Å². The summed E-state index contributed by atoms with van der Waals surface area (Å²) in [6, 6.07) is 13.1. The molecule has 4 rings (SSSR count). The van der Waals surface area contributed by atoms with Crippen LogP contribution in [0.1, 0.15) is 25.1 Å². The Bertz CT molecular complexity index is 1110. The standard InChI is InChI=1S/C21H19BrN4O3S/c1-4-17(27)26-15-8-6-5-7-13(15)18-19(23-21(30-3)25-24-18)29-20(26)14-11-12(22)9-10-16(14)28-2/h5-11,20H,4H2,1-3H3. The lowest BCUT2D eigenvalue weighted by molar-refractivity contribution is -0.120. The SMILES string of the molecule is CCC(=O)N1c2ccccc2-c2nnc(SC)nc2OC1c1cc(Br)ccc1OC. The highest BCUT2D eigenvalue weighted by Crippen LogP contribution is 2.45. The molecule has 1 atom stereocenters. The second-order valence-electron chi connectivity index (χ2n) is 6.44. The van der Waals surface area contributed by atoms with Gasteiger partial charge in [0.15, 0.2) is 5.69 Å². The van der Waals surface area contributed by atoms with Gasteiger partial charge in [0, 0.05) is 16.5 Å². The minimum Gasteiger partial charge on any atom is -0.496 e. The molecule has 9 heteroatoms. The first-order valence-electron chi connectivity index (χ1n) is 9.27. The topological polar surface area (TPSA) is 77.4 Å². The van der Waals surface area contributed by atoms with Crippen molar-refractivity contribution in [2.75, 3.05) is 18.3 Å². The second-order valence-corrected chi connectivity index (χ2v) is 8.13. The van der Waals surface area contributed by atoms with Crippen LogP contribution >= 0.6 is 27.7 Å². The first-order chi connectivity index (χ1) is 14.6. The van der Waals surface area contributed by atoms with Crippen molar-refractivity contribution < 1.29 is 14.3 Å². The van der Waals surface area contributed by atoms with Crippen LogP contribution in [0.15, 0.2) is 52.1 Å². The van der Waals surface area contributed by atoms with E-state index in [4.69, 9.17) is 9.47 Å². The van der Waals surface area contributed by atoms with Crippen LogP contribution in [-0.2, 0) is 4.79 Å². The first kappa shape index (κ1) is 20.6. The van der Waals surface area contributed by atoms with Crippen molar-refractivity contribution in [2.45, 2.75) is 24.7 Å². The summed E-state index contributed by atoms with van der Waals surface area (Å²) >= 11 is 4.89. The lowest BCUT2D eigenvalue weighted by Crippen LogP contribution is -2.37. The Balaban J connectivity index is 2.01. The van der Waals surface area contributed by atoms with E-state index in [9.17, 15) is 4.79 Å². The van der Waals surface area contributed by atoms with Crippen molar-refractivity contribution in [1.82, 2.24) is 15.2 Å². The summed E-state index contributed by atoms with van der Waals surface area (Å²) in [6.45, 7) is 1.82. The highest BCUT2D eigenvalue weighted by molar-refractivity contribution is 9.10. The Hall–Kier alpha value is -2.65. The molecule has 0 radical (unpaired) electrons. The van der Waals surface area contributed by atoms with Gasteiger partial charge in [0.1, 0.15) is 5.75 Å². The zero-order valence-corrected chi connectivity index (χ0v) is 19.0. The summed E-state index contributed by atoms with van der Waals surface area (Å²) in [6.07, 6.45) is 1.38. The maximum atomic E-state index is 13.2. The van der Waals surface area contributed by atoms with Gasteiger partial charge in [-0.3, -0.25) is 9.69 Å². The highest BCUT2D eigenvalue weighted by atomic mass is 79.9. The molecule has 2 heterocycles. The Morgan fingerprint density at radius 2 is 2.07 bits per heavy atom. The Morgan fingerprint density at radius 3 is 2.80 bits per heavy atom. The van der Waals surface area contributed by atoms with E-state index in [0.29, 0.717) is 40.2 Å². The number of carbonyl (C=O) groups is 1. The molecule has 7 nitrogen and oxygen atoms in total. The molecule has 1 aliphatic rings. The van der Waals surface area contributed by atoms with Crippen LogP contribution in [0, 0.1) is 0 Å².